The van der Waals surface area contributed by atoms with Gasteiger partial charge in [-0.15, -0.1) is 0 Å². The van der Waals surface area contributed by atoms with Crippen molar-refractivity contribution in [3.8, 4) is 0 Å². The molecule has 0 bridgehead atoms. The Bertz CT molecular complexity index is 613. The number of benzene rings is 1. The van der Waals surface area contributed by atoms with Crippen LogP contribution in [0.1, 0.15) is 43.5 Å². The van der Waals surface area contributed by atoms with Crippen molar-refractivity contribution in [1.29, 1.82) is 0 Å². The molecule has 1 aliphatic rings. The van der Waals surface area contributed by atoms with Crippen molar-refractivity contribution >= 4 is 15.9 Å². The Morgan fingerprint density at radius 1 is 1.35 bits per heavy atom. The number of rotatable bonds is 3. The molecule has 1 heterocycles. The molecule has 6 heteroatoms. The zero-order chi connectivity index (χ0) is 14.9. The number of nitrogens with zero attached hydrogens (tertiary/aromatic N) is 1. The predicted molar refractivity (Wildman–Crippen MR) is 76.8 cm³/mol. The number of likely N-dealkylation sites (tertiary alicyclic amines) is 1. The van der Waals surface area contributed by atoms with E-state index in [1.807, 2.05) is 13.8 Å². The molecule has 1 fully saturated rings. The van der Waals surface area contributed by atoms with Gasteiger partial charge in [0, 0.05) is 12.1 Å². The Kier molecular flexibility index (Phi) is 4.15. The summed E-state index contributed by atoms with van der Waals surface area (Å²) in [7, 11) is -3.90. The van der Waals surface area contributed by atoms with Crippen molar-refractivity contribution in [2.45, 2.75) is 50.1 Å². The molecule has 5 nitrogen and oxygen atoms in total. The molecular weight excluding hydrogens is 276 g/mol. The van der Waals surface area contributed by atoms with Crippen LogP contribution in [0.2, 0.25) is 0 Å². The molecule has 0 spiro atoms. The Morgan fingerprint density at radius 3 is 2.60 bits per heavy atom. The highest BCUT2D eigenvalue weighted by molar-refractivity contribution is 7.89. The Balaban J connectivity index is 2.44. The molecule has 2 N–H and O–H groups in total. The summed E-state index contributed by atoms with van der Waals surface area (Å²) < 4.78 is 23.2. The van der Waals surface area contributed by atoms with Crippen molar-refractivity contribution in [3.05, 3.63) is 29.8 Å². The molecule has 20 heavy (non-hydrogen) atoms. The highest BCUT2D eigenvalue weighted by Crippen LogP contribution is 2.29. The van der Waals surface area contributed by atoms with Gasteiger partial charge in [0.25, 0.3) is 5.91 Å². The minimum absolute atomic E-state index is 0.0982. The molecule has 0 saturated carbocycles. The van der Waals surface area contributed by atoms with Crippen molar-refractivity contribution in [2.24, 2.45) is 5.14 Å². The average Bonchev–Trinajstić information content (AvgIpc) is 2.78. The van der Waals surface area contributed by atoms with Gasteiger partial charge in [-0.1, -0.05) is 19.1 Å². The van der Waals surface area contributed by atoms with Crippen LogP contribution in [0.15, 0.2) is 29.2 Å². The molecule has 1 amide bonds. The van der Waals surface area contributed by atoms with Crippen LogP contribution in [0.25, 0.3) is 0 Å². The van der Waals surface area contributed by atoms with E-state index in [1.165, 1.54) is 12.1 Å². The van der Waals surface area contributed by atoms with Crippen LogP contribution in [0.3, 0.4) is 0 Å². The molecule has 110 valence electrons. The van der Waals surface area contributed by atoms with Gasteiger partial charge in [0.1, 0.15) is 0 Å². The second kappa shape index (κ2) is 5.54. The first-order chi connectivity index (χ1) is 9.36. The molecule has 1 aromatic rings. The number of hydrogen-bond acceptors (Lipinski definition) is 3. The third-order valence-electron chi connectivity index (χ3n) is 3.92. The van der Waals surface area contributed by atoms with E-state index in [-0.39, 0.29) is 28.4 Å². The lowest BCUT2D eigenvalue weighted by Gasteiger charge is -2.28. The van der Waals surface area contributed by atoms with E-state index in [9.17, 15) is 13.2 Å². The van der Waals surface area contributed by atoms with Gasteiger partial charge in [0.05, 0.1) is 10.5 Å². The van der Waals surface area contributed by atoms with Gasteiger partial charge in [-0.05, 0) is 38.3 Å². The lowest BCUT2D eigenvalue weighted by Crippen LogP contribution is -2.40. The summed E-state index contributed by atoms with van der Waals surface area (Å²) in [5, 5.41) is 5.20. The van der Waals surface area contributed by atoms with Crippen LogP contribution >= 0.6 is 0 Å². The summed E-state index contributed by atoms with van der Waals surface area (Å²) in [5.74, 6) is -0.244. The smallest absolute Gasteiger partial charge is 0.255 e. The first-order valence-electron chi connectivity index (χ1n) is 6.80. The van der Waals surface area contributed by atoms with Crippen molar-refractivity contribution in [3.63, 3.8) is 0 Å². The van der Waals surface area contributed by atoms with Gasteiger partial charge in [-0.2, -0.15) is 0 Å². The molecule has 0 aliphatic carbocycles. The maximum absolute atomic E-state index is 12.7. The number of sulfonamides is 1. The summed E-state index contributed by atoms with van der Waals surface area (Å²) in [6.07, 6.45) is 2.77. The number of amides is 1. The molecule has 0 radical (unpaired) electrons. The lowest BCUT2D eigenvalue weighted by atomic mass is 10.1. The van der Waals surface area contributed by atoms with Gasteiger partial charge >= 0.3 is 0 Å². The maximum atomic E-state index is 12.7. The molecule has 0 aromatic heterocycles. The third kappa shape index (κ3) is 2.71. The largest absolute Gasteiger partial charge is 0.333 e. The van der Waals surface area contributed by atoms with Crippen LogP contribution in [-0.4, -0.2) is 31.3 Å². The Hall–Kier alpha value is -1.40. The van der Waals surface area contributed by atoms with Crippen LogP contribution in [0.5, 0.6) is 0 Å². The minimum Gasteiger partial charge on any atom is -0.333 e. The zero-order valence-electron chi connectivity index (χ0n) is 11.7. The van der Waals surface area contributed by atoms with E-state index >= 15 is 0 Å². The fraction of sp³-hybridized carbons (Fsp3) is 0.500. The zero-order valence-corrected chi connectivity index (χ0v) is 12.6. The molecule has 2 atom stereocenters. The second-order valence-electron chi connectivity index (χ2n) is 5.24. The highest BCUT2D eigenvalue weighted by Gasteiger charge is 2.35. The molecule has 2 unspecified atom stereocenters. The number of primary sulfonamides is 1. The van der Waals surface area contributed by atoms with Crippen LogP contribution in [0.4, 0.5) is 0 Å². The SMILES string of the molecule is CCC1CCC(C)N1C(=O)c1ccccc1S(N)(=O)=O. The molecule has 1 saturated heterocycles. The van der Waals surface area contributed by atoms with Crippen molar-refractivity contribution in [2.75, 3.05) is 0 Å². The number of hydrogen-bond donors (Lipinski definition) is 1. The summed E-state index contributed by atoms with van der Waals surface area (Å²) in [6, 6.07) is 6.43. The fourth-order valence-electron chi connectivity index (χ4n) is 2.87. The normalized spacial score (nSPS) is 23.1. The number of carbonyl (C=O) groups is 1. The van der Waals surface area contributed by atoms with Crippen LogP contribution in [0, 0.1) is 0 Å². The van der Waals surface area contributed by atoms with Gasteiger partial charge in [-0.25, -0.2) is 13.6 Å². The van der Waals surface area contributed by atoms with Crippen molar-refractivity contribution in [1.82, 2.24) is 4.90 Å². The third-order valence-corrected chi connectivity index (χ3v) is 4.88. The van der Waals surface area contributed by atoms with E-state index in [4.69, 9.17) is 5.14 Å². The van der Waals surface area contributed by atoms with Crippen molar-refractivity contribution < 1.29 is 13.2 Å². The summed E-state index contributed by atoms with van der Waals surface area (Å²) in [4.78, 5) is 14.4. The van der Waals surface area contributed by atoms with Gasteiger partial charge in [0.2, 0.25) is 10.0 Å². The molecular formula is C14H20N2O3S. The van der Waals surface area contributed by atoms with E-state index in [0.717, 1.165) is 19.3 Å². The highest BCUT2D eigenvalue weighted by atomic mass is 32.2. The van der Waals surface area contributed by atoms with E-state index < -0.39 is 10.0 Å². The monoisotopic (exact) mass is 296 g/mol. The van der Waals surface area contributed by atoms with Crippen LogP contribution < -0.4 is 5.14 Å². The summed E-state index contributed by atoms with van der Waals surface area (Å²) in [6.45, 7) is 4.03. The Morgan fingerprint density at radius 2 is 2.00 bits per heavy atom. The summed E-state index contributed by atoms with van der Waals surface area (Å²) >= 11 is 0. The first-order valence-corrected chi connectivity index (χ1v) is 8.35. The minimum atomic E-state index is -3.90. The maximum Gasteiger partial charge on any atom is 0.255 e. The average molecular weight is 296 g/mol. The van der Waals surface area contributed by atoms with Gasteiger partial charge in [0.15, 0.2) is 0 Å². The standard InChI is InChI=1S/C14H20N2O3S/c1-3-11-9-8-10(2)16(11)14(17)12-6-4-5-7-13(12)20(15,18)19/h4-7,10-11H,3,8-9H2,1-2H3,(H2,15,18,19). The molecule has 2 rings (SSSR count). The lowest BCUT2D eigenvalue weighted by molar-refractivity contribution is 0.0672. The van der Waals surface area contributed by atoms with E-state index in [2.05, 4.69) is 0 Å². The Labute approximate surface area is 119 Å². The fourth-order valence-corrected chi connectivity index (χ4v) is 3.60. The topological polar surface area (TPSA) is 80.5 Å². The second-order valence-corrected chi connectivity index (χ2v) is 6.77. The van der Waals surface area contributed by atoms with Gasteiger partial charge < -0.3 is 4.90 Å². The number of carbonyl (C=O) groups excluding carboxylic acids is 1. The van der Waals surface area contributed by atoms with Gasteiger partial charge in [-0.3, -0.25) is 4.79 Å². The van der Waals surface area contributed by atoms with Crippen LogP contribution in [-0.2, 0) is 10.0 Å². The number of nitrogens with two attached hydrogens (primary N) is 1. The molecule has 1 aromatic carbocycles. The van der Waals surface area contributed by atoms with E-state index in [0.29, 0.717) is 0 Å². The molecule has 1 aliphatic heterocycles. The first kappa shape index (κ1) is 15.0. The van der Waals surface area contributed by atoms with E-state index in [1.54, 1.807) is 17.0 Å². The summed E-state index contributed by atoms with van der Waals surface area (Å²) in [5.41, 5.74) is 0.169. The quantitative estimate of drug-likeness (QED) is 0.922. The predicted octanol–water partition coefficient (Wildman–Crippen LogP) is 1.74.